The van der Waals surface area contributed by atoms with E-state index in [2.05, 4.69) is 9.91 Å². The van der Waals surface area contributed by atoms with Gasteiger partial charge in [-0.25, -0.2) is 0 Å². The summed E-state index contributed by atoms with van der Waals surface area (Å²) >= 11 is 0. The summed E-state index contributed by atoms with van der Waals surface area (Å²) in [5.74, 6) is -0.162. The largest absolute Gasteiger partial charge is 0.469 e. The van der Waals surface area contributed by atoms with E-state index in [0.717, 1.165) is 12.0 Å². The minimum Gasteiger partial charge on any atom is -0.469 e. The quantitative estimate of drug-likeness (QED) is 0.567. The molecule has 0 unspecified atom stereocenters. The van der Waals surface area contributed by atoms with Crippen molar-refractivity contribution in [3.05, 3.63) is 34.7 Å². The fraction of sp³-hybridized carbons (Fsp3) is 0.417. The van der Waals surface area contributed by atoms with Crippen LogP contribution in [-0.4, -0.2) is 13.1 Å². The second kappa shape index (κ2) is 6.00. The van der Waals surface area contributed by atoms with Crippen LogP contribution in [0.2, 0.25) is 0 Å². The Balaban J connectivity index is 2.85. The molecular weight excluding hydrogens is 206 g/mol. The highest BCUT2D eigenvalue weighted by Gasteiger charge is 2.14. The lowest BCUT2D eigenvalue weighted by molar-refractivity contribution is -0.141. The molecule has 4 heteroatoms. The number of methoxy groups -OCH3 is 1. The molecule has 0 saturated carbocycles. The number of carbonyl (C=O) groups excluding carboxylic acids is 1. The average Bonchev–Trinajstić information content (AvgIpc) is 2.35. The van der Waals surface area contributed by atoms with E-state index >= 15 is 0 Å². The average molecular weight is 221 g/mol. The topological polar surface area (TPSA) is 55.7 Å². The van der Waals surface area contributed by atoms with Gasteiger partial charge in [0.1, 0.15) is 5.69 Å². The Hall–Kier alpha value is -1.71. The van der Waals surface area contributed by atoms with Gasteiger partial charge >= 0.3 is 5.97 Å². The van der Waals surface area contributed by atoms with Crippen molar-refractivity contribution in [2.24, 2.45) is 5.18 Å². The lowest BCUT2D eigenvalue weighted by Gasteiger charge is -2.13. The molecule has 0 amide bonds. The summed E-state index contributed by atoms with van der Waals surface area (Å²) in [5, 5.41) is 2.88. The number of esters is 1. The van der Waals surface area contributed by atoms with Crippen LogP contribution in [-0.2, 0) is 9.53 Å². The number of carbonyl (C=O) groups is 1. The van der Waals surface area contributed by atoms with Crippen LogP contribution in [0, 0.1) is 4.91 Å². The minimum absolute atomic E-state index is 0.0779. The summed E-state index contributed by atoms with van der Waals surface area (Å²) in [6.45, 7) is 1.99. The molecule has 0 aliphatic rings. The molecule has 0 fully saturated rings. The first-order valence-corrected chi connectivity index (χ1v) is 5.21. The standard InChI is InChI=1S/C12H15NO3/c1-3-9(8-12(14)16-2)10-5-4-6-11(7-10)13-15/h4-7,9H,3,8H2,1-2H3/t9-/m0/s1. The third-order valence-corrected chi connectivity index (χ3v) is 2.58. The number of nitrogens with zero attached hydrogens (tertiary/aromatic N) is 1. The Morgan fingerprint density at radius 1 is 1.50 bits per heavy atom. The molecule has 16 heavy (non-hydrogen) atoms. The van der Waals surface area contributed by atoms with Gasteiger partial charge in [-0.05, 0) is 35.2 Å². The molecule has 86 valence electrons. The van der Waals surface area contributed by atoms with Gasteiger partial charge in [0.05, 0.1) is 13.5 Å². The van der Waals surface area contributed by atoms with Gasteiger partial charge in [0.15, 0.2) is 0 Å². The fourth-order valence-corrected chi connectivity index (χ4v) is 1.62. The van der Waals surface area contributed by atoms with E-state index in [1.54, 1.807) is 18.2 Å². The smallest absolute Gasteiger partial charge is 0.306 e. The molecular formula is C12H15NO3. The Bertz CT molecular complexity index is 376. The maximum Gasteiger partial charge on any atom is 0.306 e. The molecule has 1 rings (SSSR count). The van der Waals surface area contributed by atoms with E-state index in [-0.39, 0.29) is 11.9 Å². The zero-order valence-corrected chi connectivity index (χ0v) is 9.47. The van der Waals surface area contributed by atoms with Crippen molar-refractivity contribution < 1.29 is 9.53 Å². The van der Waals surface area contributed by atoms with Gasteiger partial charge in [0, 0.05) is 0 Å². The first kappa shape index (κ1) is 12.4. The summed E-state index contributed by atoms with van der Waals surface area (Å²) in [7, 11) is 1.37. The number of benzene rings is 1. The van der Waals surface area contributed by atoms with Gasteiger partial charge in [-0.2, -0.15) is 0 Å². The van der Waals surface area contributed by atoms with Crippen LogP contribution in [0.15, 0.2) is 29.4 Å². The van der Waals surface area contributed by atoms with Crippen LogP contribution in [0.3, 0.4) is 0 Å². The van der Waals surface area contributed by atoms with Crippen molar-refractivity contribution in [1.29, 1.82) is 0 Å². The molecule has 0 radical (unpaired) electrons. The molecule has 1 aromatic carbocycles. The van der Waals surface area contributed by atoms with Gasteiger partial charge < -0.3 is 4.74 Å². The third kappa shape index (κ3) is 3.15. The molecule has 0 aliphatic carbocycles. The molecule has 0 spiro atoms. The Morgan fingerprint density at radius 3 is 2.81 bits per heavy atom. The Kier molecular flexibility index (Phi) is 4.64. The molecule has 1 aromatic rings. The number of hydrogen-bond donors (Lipinski definition) is 0. The maximum absolute atomic E-state index is 11.2. The van der Waals surface area contributed by atoms with Crippen LogP contribution in [0.5, 0.6) is 0 Å². The number of ether oxygens (including phenoxy) is 1. The molecule has 0 heterocycles. The van der Waals surface area contributed by atoms with E-state index in [4.69, 9.17) is 0 Å². The van der Waals surface area contributed by atoms with Gasteiger partial charge in [-0.3, -0.25) is 4.79 Å². The molecule has 0 saturated heterocycles. The van der Waals surface area contributed by atoms with Crippen molar-refractivity contribution in [2.45, 2.75) is 25.7 Å². The molecule has 0 aromatic heterocycles. The predicted molar refractivity (Wildman–Crippen MR) is 61.6 cm³/mol. The van der Waals surface area contributed by atoms with Crippen LogP contribution in [0.4, 0.5) is 5.69 Å². The summed E-state index contributed by atoms with van der Waals surface area (Å²) in [4.78, 5) is 21.6. The molecule has 4 nitrogen and oxygen atoms in total. The van der Waals surface area contributed by atoms with E-state index < -0.39 is 0 Å². The van der Waals surface area contributed by atoms with E-state index in [0.29, 0.717) is 12.1 Å². The minimum atomic E-state index is -0.240. The van der Waals surface area contributed by atoms with Crippen molar-refractivity contribution in [1.82, 2.24) is 0 Å². The first-order valence-electron chi connectivity index (χ1n) is 5.21. The molecule has 0 N–H and O–H groups in total. The van der Waals surface area contributed by atoms with Crippen LogP contribution in [0.25, 0.3) is 0 Å². The normalized spacial score (nSPS) is 11.9. The fourth-order valence-electron chi connectivity index (χ4n) is 1.62. The van der Waals surface area contributed by atoms with Gasteiger partial charge in [-0.15, -0.1) is 4.91 Å². The highest BCUT2D eigenvalue weighted by atomic mass is 16.5. The van der Waals surface area contributed by atoms with E-state index in [9.17, 15) is 9.70 Å². The van der Waals surface area contributed by atoms with Crippen LogP contribution < -0.4 is 0 Å². The second-order valence-electron chi connectivity index (χ2n) is 3.57. The van der Waals surface area contributed by atoms with Crippen molar-refractivity contribution in [3.8, 4) is 0 Å². The summed E-state index contributed by atoms with van der Waals surface area (Å²) in [6.07, 6.45) is 1.15. The lowest BCUT2D eigenvalue weighted by atomic mass is 9.93. The summed E-state index contributed by atoms with van der Waals surface area (Å²) < 4.78 is 4.64. The molecule has 0 bridgehead atoms. The van der Waals surface area contributed by atoms with Gasteiger partial charge in [0.2, 0.25) is 0 Å². The number of rotatable bonds is 5. The highest BCUT2D eigenvalue weighted by Crippen LogP contribution is 2.26. The Labute approximate surface area is 94.6 Å². The van der Waals surface area contributed by atoms with Crippen molar-refractivity contribution >= 4 is 11.7 Å². The monoisotopic (exact) mass is 221 g/mol. The third-order valence-electron chi connectivity index (χ3n) is 2.58. The van der Waals surface area contributed by atoms with E-state index in [1.807, 2.05) is 13.0 Å². The van der Waals surface area contributed by atoms with Gasteiger partial charge in [-0.1, -0.05) is 19.1 Å². The summed E-state index contributed by atoms with van der Waals surface area (Å²) in [6, 6.07) is 7.02. The number of hydrogen-bond acceptors (Lipinski definition) is 4. The van der Waals surface area contributed by atoms with Crippen molar-refractivity contribution in [3.63, 3.8) is 0 Å². The maximum atomic E-state index is 11.2. The number of nitroso groups, excluding NO2 is 1. The SMILES string of the molecule is CC[C@@H](CC(=O)OC)c1cccc(N=O)c1. The molecule has 0 aliphatic heterocycles. The highest BCUT2D eigenvalue weighted by molar-refractivity contribution is 5.70. The predicted octanol–water partition coefficient (Wildman–Crippen LogP) is 3.14. The summed E-state index contributed by atoms with van der Waals surface area (Å²) in [5.41, 5.74) is 1.34. The molecule has 1 atom stereocenters. The van der Waals surface area contributed by atoms with Crippen LogP contribution >= 0.6 is 0 Å². The van der Waals surface area contributed by atoms with Crippen LogP contribution in [0.1, 0.15) is 31.2 Å². The Morgan fingerprint density at radius 2 is 2.25 bits per heavy atom. The first-order chi connectivity index (χ1) is 7.71. The zero-order chi connectivity index (χ0) is 12.0. The van der Waals surface area contributed by atoms with Crippen molar-refractivity contribution in [2.75, 3.05) is 7.11 Å². The second-order valence-corrected chi connectivity index (χ2v) is 3.57. The lowest BCUT2D eigenvalue weighted by Crippen LogP contribution is -2.07. The zero-order valence-electron chi connectivity index (χ0n) is 9.47. The van der Waals surface area contributed by atoms with E-state index in [1.165, 1.54) is 7.11 Å². The van der Waals surface area contributed by atoms with Gasteiger partial charge in [0.25, 0.3) is 0 Å².